The van der Waals surface area contributed by atoms with Crippen molar-refractivity contribution in [2.45, 2.75) is 58.6 Å². The second kappa shape index (κ2) is 5.93. The van der Waals surface area contributed by atoms with Crippen LogP contribution in [0.4, 0.5) is 5.69 Å². The molecule has 0 radical (unpaired) electrons. The SMILES string of the molecule is Cc1cc(C)c(N(C)C2CCC(ON)CC2)c(C)c1. The lowest BCUT2D eigenvalue weighted by molar-refractivity contribution is 0.0242. The van der Waals surface area contributed by atoms with E-state index in [4.69, 9.17) is 10.7 Å². The Hall–Kier alpha value is -1.06. The summed E-state index contributed by atoms with van der Waals surface area (Å²) >= 11 is 0. The zero-order chi connectivity index (χ0) is 14.0. The van der Waals surface area contributed by atoms with Gasteiger partial charge in [-0.3, -0.25) is 0 Å². The summed E-state index contributed by atoms with van der Waals surface area (Å²) in [5.74, 6) is 5.29. The highest BCUT2D eigenvalue weighted by atomic mass is 16.6. The molecule has 1 aromatic carbocycles. The topological polar surface area (TPSA) is 38.5 Å². The number of hydrogen-bond donors (Lipinski definition) is 1. The van der Waals surface area contributed by atoms with E-state index in [2.05, 4.69) is 44.9 Å². The molecule has 0 atom stereocenters. The van der Waals surface area contributed by atoms with E-state index < -0.39 is 0 Å². The Kier molecular flexibility index (Phi) is 4.48. The number of nitrogens with zero attached hydrogens (tertiary/aromatic N) is 1. The lowest BCUT2D eigenvalue weighted by atomic mass is 9.91. The van der Waals surface area contributed by atoms with E-state index in [-0.39, 0.29) is 6.10 Å². The molecule has 0 spiro atoms. The molecule has 1 fully saturated rings. The van der Waals surface area contributed by atoms with Crippen LogP contribution in [0, 0.1) is 20.8 Å². The molecule has 0 bridgehead atoms. The van der Waals surface area contributed by atoms with E-state index in [1.54, 1.807) is 0 Å². The van der Waals surface area contributed by atoms with Gasteiger partial charge < -0.3 is 9.74 Å². The second-order valence-corrected chi connectivity index (χ2v) is 5.92. The van der Waals surface area contributed by atoms with E-state index in [1.807, 2.05) is 0 Å². The summed E-state index contributed by atoms with van der Waals surface area (Å²) < 4.78 is 0. The molecule has 106 valence electrons. The minimum Gasteiger partial charge on any atom is -0.371 e. The van der Waals surface area contributed by atoms with Crippen molar-refractivity contribution in [3.8, 4) is 0 Å². The molecular weight excluding hydrogens is 236 g/mol. The van der Waals surface area contributed by atoms with Gasteiger partial charge in [0.25, 0.3) is 0 Å². The fraction of sp³-hybridized carbons (Fsp3) is 0.625. The molecule has 3 nitrogen and oxygen atoms in total. The van der Waals surface area contributed by atoms with Crippen molar-refractivity contribution < 1.29 is 4.84 Å². The lowest BCUT2D eigenvalue weighted by Gasteiger charge is -2.37. The first kappa shape index (κ1) is 14.4. The smallest absolute Gasteiger partial charge is 0.0789 e. The van der Waals surface area contributed by atoms with Crippen molar-refractivity contribution in [3.05, 3.63) is 28.8 Å². The van der Waals surface area contributed by atoms with E-state index in [9.17, 15) is 0 Å². The van der Waals surface area contributed by atoms with Gasteiger partial charge in [0, 0.05) is 18.8 Å². The maximum atomic E-state index is 5.29. The number of nitrogens with two attached hydrogens (primary N) is 1. The zero-order valence-corrected chi connectivity index (χ0v) is 12.6. The van der Waals surface area contributed by atoms with Crippen LogP contribution in [0.3, 0.4) is 0 Å². The van der Waals surface area contributed by atoms with Crippen molar-refractivity contribution in [3.63, 3.8) is 0 Å². The molecular formula is C16H26N2O. The molecule has 0 aliphatic heterocycles. The van der Waals surface area contributed by atoms with Crippen LogP contribution >= 0.6 is 0 Å². The highest BCUT2D eigenvalue weighted by molar-refractivity contribution is 5.60. The summed E-state index contributed by atoms with van der Waals surface area (Å²) in [4.78, 5) is 7.42. The van der Waals surface area contributed by atoms with Gasteiger partial charge in [0.15, 0.2) is 0 Å². The van der Waals surface area contributed by atoms with E-state index in [0.717, 1.165) is 25.7 Å². The van der Waals surface area contributed by atoms with Gasteiger partial charge in [-0.25, -0.2) is 5.90 Å². The maximum absolute atomic E-state index is 5.29. The summed E-state index contributed by atoms with van der Waals surface area (Å²) in [5.41, 5.74) is 5.48. The molecule has 3 heteroatoms. The van der Waals surface area contributed by atoms with Crippen molar-refractivity contribution in [1.29, 1.82) is 0 Å². The van der Waals surface area contributed by atoms with Gasteiger partial charge in [0.1, 0.15) is 0 Å². The third-order valence-corrected chi connectivity index (χ3v) is 4.37. The molecule has 0 saturated heterocycles. The molecule has 1 saturated carbocycles. The summed E-state index contributed by atoms with van der Waals surface area (Å²) in [6, 6.07) is 5.15. The van der Waals surface area contributed by atoms with Gasteiger partial charge in [-0.05, 0) is 57.6 Å². The minimum absolute atomic E-state index is 0.255. The molecule has 0 unspecified atom stereocenters. The zero-order valence-electron chi connectivity index (χ0n) is 12.6. The molecule has 1 aliphatic rings. The third kappa shape index (κ3) is 3.10. The van der Waals surface area contributed by atoms with Gasteiger partial charge in [-0.15, -0.1) is 0 Å². The van der Waals surface area contributed by atoms with Gasteiger partial charge in [0.05, 0.1) is 6.10 Å². The van der Waals surface area contributed by atoms with Crippen LogP contribution in [0.2, 0.25) is 0 Å². The summed E-state index contributed by atoms with van der Waals surface area (Å²) in [6.45, 7) is 6.58. The first-order valence-electron chi connectivity index (χ1n) is 7.19. The molecule has 0 amide bonds. The molecule has 2 N–H and O–H groups in total. The Morgan fingerprint density at radius 1 is 1.05 bits per heavy atom. The van der Waals surface area contributed by atoms with Gasteiger partial charge in [-0.1, -0.05) is 17.7 Å². The Balaban J connectivity index is 2.14. The molecule has 1 aliphatic carbocycles. The van der Waals surface area contributed by atoms with Crippen LogP contribution in [-0.4, -0.2) is 19.2 Å². The third-order valence-electron chi connectivity index (χ3n) is 4.37. The lowest BCUT2D eigenvalue weighted by Crippen LogP contribution is -2.38. The molecule has 0 aromatic heterocycles. The Labute approximate surface area is 116 Å². The quantitative estimate of drug-likeness (QED) is 0.850. The Morgan fingerprint density at radius 2 is 1.58 bits per heavy atom. The summed E-state index contributed by atoms with van der Waals surface area (Å²) in [6.07, 6.45) is 4.70. The minimum atomic E-state index is 0.255. The van der Waals surface area contributed by atoms with Crippen molar-refractivity contribution >= 4 is 5.69 Å². The highest BCUT2D eigenvalue weighted by Gasteiger charge is 2.25. The Morgan fingerprint density at radius 3 is 2.05 bits per heavy atom. The van der Waals surface area contributed by atoms with E-state index in [0.29, 0.717) is 6.04 Å². The number of hydrogen-bond acceptors (Lipinski definition) is 3. The van der Waals surface area contributed by atoms with Gasteiger partial charge >= 0.3 is 0 Å². The number of anilines is 1. The predicted octanol–water partition coefficient (Wildman–Crippen LogP) is 3.25. The van der Waals surface area contributed by atoms with Crippen LogP contribution in [0.5, 0.6) is 0 Å². The van der Waals surface area contributed by atoms with Crippen molar-refractivity contribution in [1.82, 2.24) is 0 Å². The van der Waals surface area contributed by atoms with Gasteiger partial charge in [0.2, 0.25) is 0 Å². The molecule has 1 aromatic rings. The summed E-state index contributed by atoms with van der Waals surface area (Å²) in [5, 5.41) is 0. The fourth-order valence-electron chi connectivity index (χ4n) is 3.48. The predicted molar refractivity (Wildman–Crippen MR) is 80.4 cm³/mol. The Bertz CT molecular complexity index is 413. The molecule has 2 rings (SSSR count). The monoisotopic (exact) mass is 262 g/mol. The first-order chi connectivity index (χ1) is 9.02. The van der Waals surface area contributed by atoms with Crippen LogP contribution in [0.15, 0.2) is 12.1 Å². The van der Waals surface area contributed by atoms with E-state index >= 15 is 0 Å². The van der Waals surface area contributed by atoms with Crippen molar-refractivity contribution in [2.75, 3.05) is 11.9 Å². The number of benzene rings is 1. The van der Waals surface area contributed by atoms with E-state index in [1.165, 1.54) is 22.4 Å². The standard InChI is InChI=1S/C16H26N2O/c1-11-9-12(2)16(13(3)10-11)18(4)14-5-7-15(19-17)8-6-14/h9-10,14-15H,5-8,17H2,1-4H3. The van der Waals surface area contributed by atoms with Crippen LogP contribution in [0.25, 0.3) is 0 Å². The van der Waals surface area contributed by atoms with Crippen LogP contribution in [0.1, 0.15) is 42.4 Å². The second-order valence-electron chi connectivity index (χ2n) is 5.92. The normalized spacial score (nSPS) is 23.4. The maximum Gasteiger partial charge on any atom is 0.0789 e. The largest absolute Gasteiger partial charge is 0.371 e. The van der Waals surface area contributed by atoms with Crippen molar-refractivity contribution in [2.24, 2.45) is 5.90 Å². The van der Waals surface area contributed by atoms with Crippen LogP contribution < -0.4 is 10.8 Å². The first-order valence-corrected chi connectivity index (χ1v) is 7.19. The average molecular weight is 262 g/mol. The van der Waals surface area contributed by atoms with Crippen LogP contribution in [-0.2, 0) is 4.84 Å². The summed E-state index contributed by atoms with van der Waals surface area (Å²) in [7, 11) is 2.22. The average Bonchev–Trinajstić information content (AvgIpc) is 2.37. The number of rotatable bonds is 3. The molecule has 19 heavy (non-hydrogen) atoms. The number of aryl methyl sites for hydroxylation is 3. The molecule has 0 heterocycles. The fourth-order valence-corrected chi connectivity index (χ4v) is 3.48. The van der Waals surface area contributed by atoms with Gasteiger partial charge in [-0.2, -0.15) is 0 Å². The highest BCUT2D eigenvalue weighted by Crippen LogP contribution is 2.31.